The standard InChI is InChI=1S/C15H12.2C13H12.C12H16.2C11H10.C10H12.C10H14.C9H12.3C8H10.C7H8/c1-11-6-7-13-9-8-12-4-2-3-5-14(12)15(13)10-11;1-11-6-5-9-13(10-11)12-7-3-2-4-8-12;1-11-7-9-13(10-8-11)12-5-3-2-4-6-12;1-10-5-4-8-12(9-10)11-6-2-3-7-11;1-9-5-4-7-10-6-2-3-8-11(9)10;1-9-6-7-10-4-2-3-5-11(10)8-9;1-8-4-2-5-9-6-3-7-10(8)9;1-7-5-8(2)10(4)9(3)6-7;1-7-4-5-8(2)9(3)6-7;1-7-3-5-8(2)6-4-7;1-7-4-3-5-8(2)6-7;1-7-5-3-4-6-8(7)2;1-7-5-3-2-4-6-7/h2-10H,1H3;2*2-10H,1H3;4-5,8-9,11H,2-3,6-7H2,1H3;2*2-8H,1H3;2,4-5H,3,6-7H2,1H3;5-6H,1-4H3;4-6H,1-3H3;3*3-6H,1-2H3;2-6H,1H3. The van der Waals surface area contributed by atoms with E-state index in [0.29, 0.717) is 0 Å². The summed E-state index contributed by atoms with van der Waals surface area (Å²) < 4.78 is 0. The molecule has 1 saturated carbocycles. The molecule has 19 aromatic rings. The maximum absolute atomic E-state index is 2.34. The maximum atomic E-state index is 2.34. The lowest BCUT2D eigenvalue weighted by Gasteiger charge is -2.09. The molecule has 0 aliphatic heterocycles. The summed E-state index contributed by atoms with van der Waals surface area (Å²) in [7, 11) is 0. The first kappa shape index (κ1) is 105. The zero-order valence-corrected chi connectivity index (χ0v) is 84.9. The third kappa shape index (κ3) is 37.0. The molecule has 0 aromatic heterocycles. The molecule has 0 N–H and O–H groups in total. The normalized spacial score (nSPS) is 11.1. The molecule has 0 spiro atoms. The van der Waals surface area contributed by atoms with Crippen LogP contribution in [-0.2, 0) is 12.8 Å². The van der Waals surface area contributed by atoms with Gasteiger partial charge in [0.05, 0.1) is 0 Å². The van der Waals surface area contributed by atoms with Crippen molar-refractivity contribution in [3.05, 3.63) is 558 Å². The van der Waals surface area contributed by atoms with Crippen molar-refractivity contribution in [1.29, 1.82) is 0 Å². The van der Waals surface area contributed by atoms with Crippen LogP contribution in [0.3, 0.4) is 0 Å². The first-order valence-electron chi connectivity index (χ1n) is 48.5. The first-order valence-corrected chi connectivity index (χ1v) is 48.5. The van der Waals surface area contributed by atoms with E-state index < -0.39 is 0 Å². The fourth-order valence-corrected chi connectivity index (χ4v) is 16.4. The minimum atomic E-state index is 0.866. The van der Waals surface area contributed by atoms with Gasteiger partial charge in [-0.1, -0.05) is 504 Å². The number of aryl methyl sites for hydroxylation is 21. The van der Waals surface area contributed by atoms with Crippen LogP contribution >= 0.6 is 0 Å². The molecule has 21 rings (SSSR count). The minimum absolute atomic E-state index is 0.866. The van der Waals surface area contributed by atoms with Crippen molar-refractivity contribution in [2.24, 2.45) is 0 Å². The van der Waals surface area contributed by atoms with Gasteiger partial charge in [0.15, 0.2) is 0 Å². The number of hydrogen-bond acceptors (Lipinski definition) is 0. The Morgan fingerprint density at radius 2 is 0.504 bits per heavy atom. The van der Waals surface area contributed by atoms with Gasteiger partial charge < -0.3 is 0 Å². The lowest BCUT2D eigenvalue weighted by Crippen LogP contribution is -1.91. The zero-order chi connectivity index (χ0) is 96.8. The molecule has 2 aliphatic carbocycles. The smallest absolute Gasteiger partial charge is 0.0103 e. The second kappa shape index (κ2) is 56.3. The van der Waals surface area contributed by atoms with Crippen molar-refractivity contribution < 1.29 is 0 Å². The molecule has 0 bridgehead atoms. The van der Waals surface area contributed by atoms with Crippen LogP contribution in [0.25, 0.3) is 65.3 Å². The third-order valence-electron chi connectivity index (χ3n) is 24.8. The Morgan fingerprint density at radius 1 is 0.163 bits per heavy atom. The Hall–Kier alpha value is -13.8. The van der Waals surface area contributed by atoms with Crippen molar-refractivity contribution in [2.45, 2.75) is 196 Å². The van der Waals surface area contributed by atoms with Crippen molar-refractivity contribution in [2.75, 3.05) is 0 Å². The van der Waals surface area contributed by atoms with E-state index in [1.807, 2.05) is 30.3 Å². The molecule has 0 heterocycles. The molecule has 0 atom stereocenters. The molecule has 688 valence electrons. The molecule has 19 aromatic carbocycles. The summed E-state index contributed by atoms with van der Waals surface area (Å²) in [6.45, 7) is 44.8. The molecule has 0 amide bonds. The Bertz CT molecular complexity index is 6620. The summed E-state index contributed by atoms with van der Waals surface area (Å²) in [4.78, 5) is 0. The summed E-state index contributed by atoms with van der Waals surface area (Å²) >= 11 is 0. The Kier molecular flexibility index (Phi) is 43.8. The number of fused-ring (bicyclic) bond motifs is 6. The second-order valence-electron chi connectivity index (χ2n) is 36.8. The van der Waals surface area contributed by atoms with Crippen LogP contribution in [0.5, 0.6) is 0 Å². The van der Waals surface area contributed by atoms with E-state index in [4.69, 9.17) is 0 Å². The van der Waals surface area contributed by atoms with Crippen LogP contribution < -0.4 is 0 Å². The largest absolute Gasteiger partial charge is 0.0622 e. The van der Waals surface area contributed by atoms with Crippen molar-refractivity contribution in [3.63, 3.8) is 0 Å². The fraction of sp³-hybridized carbons (Fsp3) is 0.215. The highest BCUT2D eigenvalue weighted by Gasteiger charge is 2.17. The van der Waals surface area contributed by atoms with E-state index in [9.17, 15) is 0 Å². The van der Waals surface area contributed by atoms with Crippen molar-refractivity contribution in [1.82, 2.24) is 0 Å². The highest BCUT2D eigenvalue weighted by Crippen LogP contribution is 2.35. The van der Waals surface area contributed by atoms with Crippen LogP contribution in [0.2, 0.25) is 0 Å². The minimum Gasteiger partial charge on any atom is -0.0622 e. The number of rotatable bonds is 3. The molecule has 0 unspecified atom stereocenters. The van der Waals surface area contributed by atoms with E-state index in [2.05, 4.69) is 540 Å². The van der Waals surface area contributed by atoms with Gasteiger partial charge in [-0.2, -0.15) is 0 Å². The highest BCUT2D eigenvalue weighted by atomic mass is 14.2. The van der Waals surface area contributed by atoms with Crippen LogP contribution in [0.1, 0.15) is 172 Å². The van der Waals surface area contributed by atoms with Crippen LogP contribution in [0.4, 0.5) is 0 Å². The lowest BCUT2D eigenvalue weighted by atomic mass is 9.96. The van der Waals surface area contributed by atoms with Gasteiger partial charge in [-0.05, 0) is 316 Å². The first-order chi connectivity index (χ1) is 65.1. The Morgan fingerprint density at radius 3 is 1.01 bits per heavy atom. The van der Waals surface area contributed by atoms with Crippen molar-refractivity contribution >= 4 is 43.1 Å². The van der Waals surface area contributed by atoms with Gasteiger partial charge in [-0.3, -0.25) is 0 Å². The summed E-state index contributed by atoms with van der Waals surface area (Å²) in [5.74, 6) is 0.866. The topological polar surface area (TPSA) is 0 Å². The summed E-state index contributed by atoms with van der Waals surface area (Å²) in [5, 5.41) is 10.7. The quantitative estimate of drug-likeness (QED) is 0.155. The number of benzene rings is 19. The molecular formula is C135H148. The predicted octanol–water partition coefficient (Wildman–Crippen LogP) is 38.5. The molecule has 0 heteroatoms. The lowest BCUT2D eigenvalue weighted by molar-refractivity contribution is 0.722. The molecule has 1 fully saturated rings. The summed E-state index contributed by atoms with van der Waals surface area (Å²) in [6, 6.07) is 149. The Balaban J connectivity index is 0.000000165. The SMILES string of the molecule is Cc1cc(C)c(C)c(C)c1.Cc1ccc(-c2ccccc2)cc1.Cc1ccc(C)c(C)c1.Cc1ccc(C)cc1.Cc1ccc2ccc3ccccc3c2c1.Cc1ccc2ccccc2c1.Cc1cccc(-c2ccccc2)c1.Cc1cccc(C)c1.Cc1cccc(C2CCCC2)c1.Cc1cccc2c1CCC2.Cc1cccc2ccccc12.Cc1ccccc1.Cc1ccccc1C. The average molecular weight is 1770 g/mol. The van der Waals surface area contributed by atoms with E-state index in [1.165, 1.54) is 227 Å². The third-order valence-corrected chi connectivity index (χ3v) is 24.8. The van der Waals surface area contributed by atoms with Gasteiger partial charge in [-0.15, -0.1) is 0 Å². The second-order valence-corrected chi connectivity index (χ2v) is 36.8. The van der Waals surface area contributed by atoms with Gasteiger partial charge in [0, 0.05) is 0 Å². The number of hydrogen-bond donors (Lipinski definition) is 0. The molecule has 135 heavy (non-hydrogen) atoms. The van der Waals surface area contributed by atoms with Crippen LogP contribution in [0, 0.1) is 145 Å². The molecule has 0 nitrogen and oxygen atoms in total. The van der Waals surface area contributed by atoms with E-state index in [-0.39, 0.29) is 0 Å². The van der Waals surface area contributed by atoms with Crippen LogP contribution in [-0.4, -0.2) is 0 Å². The predicted molar refractivity (Wildman–Crippen MR) is 597 cm³/mol. The molecular weight excluding hydrogens is 1620 g/mol. The van der Waals surface area contributed by atoms with Gasteiger partial charge in [0.1, 0.15) is 0 Å². The highest BCUT2D eigenvalue weighted by molar-refractivity contribution is 6.07. The van der Waals surface area contributed by atoms with Gasteiger partial charge >= 0.3 is 0 Å². The van der Waals surface area contributed by atoms with Crippen molar-refractivity contribution in [3.8, 4) is 22.3 Å². The zero-order valence-electron chi connectivity index (χ0n) is 84.9. The van der Waals surface area contributed by atoms with E-state index >= 15 is 0 Å². The molecule has 0 saturated heterocycles. The fourth-order valence-electron chi connectivity index (χ4n) is 16.4. The Labute approximate surface area is 814 Å². The van der Waals surface area contributed by atoms with Crippen LogP contribution in [0.15, 0.2) is 425 Å². The molecule has 0 radical (unpaired) electrons. The van der Waals surface area contributed by atoms with Gasteiger partial charge in [0.25, 0.3) is 0 Å². The van der Waals surface area contributed by atoms with Gasteiger partial charge in [0.2, 0.25) is 0 Å². The monoisotopic (exact) mass is 1770 g/mol. The molecule has 2 aliphatic rings. The average Bonchev–Trinajstić information content (AvgIpc) is 1.52. The van der Waals surface area contributed by atoms with E-state index in [0.717, 1.165) is 5.92 Å². The summed E-state index contributed by atoms with van der Waals surface area (Å²) in [6.07, 6.45) is 9.64. The van der Waals surface area contributed by atoms with Gasteiger partial charge in [-0.25, -0.2) is 0 Å². The summed E-state index contributed by atoms with van der Waals surface area (Å²) in [5.41, 5.74) is 38.5. The maximum Gasteiger partial charge on any atom is -0.0103 e. The van der Waals surface area contributed by atoms with E-state index in [1.54, 1.807) is 16.7 Å².